The number of halogens is 2. The summed E-state index contributed by atoms with van der Waals surface area (Å²) in [5.41, 5.74) is 0.527. The number of hydrogen-bond donors (Lipinski definition) is 0. The normalized spacial score (nSPS) is 36.9. The molecule has 0 radical (unpaired) electrons. The molecule has 20 heavy (non-hydrogen) atoms. The van der Waals surface area contributed by atoms with Gasteiger partial charge in [0.2, 0.25) is 0 Å². The summed E-state index contributed by atoms with van der Waals surface area (Å²) in [6.45, 7) is 0. The maximum absolute atomic E-state index is 13.6. The zero-order valence-electron chi connectivity index (χ0n) is 11.2. The van der Waals surface area contributed by atoms with Gasteiger partial charge in [0.1, 0.15) is 11.6 Å². The van der Waals surface area contributed by atoms with Crippen LogP contribution in [0.2, 0.25) is 0 Å². The van der Waals surface area contributed by atoms with E-state index >= 15 is 0 Å². The minimum absolute atomic E-state index is 0.147. The van der Waals surface area contributed by atoms with Gasteiger partial charge in [-0.25, -0.2) is 4.39 Å². The number of carbonyl (C=O) groups excluding carboxylic acids is 1. The highest BCUT2D eigenvalue weighted by Gasteiger charge is 2.67. The second kappa shape index (κ2) is 4.30. The fraction of sp³-hybridized carbons (Fsp3) is 0.562. The number of methoxy groups -OCH3 is 1. The van der Waals surface area contributed by atoms with E-state index in [0.29, 0.717) is 27.6 Å². The van der Waals surface area contributed by atoms with Crippen molar-refractivity contribution in [2.75, 3.05) is 7.11 Å². The third kappa shape index (κ3) is 1.63. The quantitative estimate of drug-likeness (QED) is 0.776. The molecule has 0 spiro atoms. The van der Waals surface area contributed by atoms with E-state index in [0.717, 1.165) is 11.8 Å². The third-order valence-electron chi connectivity index (χ3n) is 5.55. The average molecular weight is 339 g/mol. The van der Waals surface area contributed by atoms with Gasteiger partial charge in [-0.1, -0.05) is 0 Å². The van der Waals surface area contributed by atoms with Crippen LogP contribution in [0.3, 0.4) is 0 Å². The summed E-state index contributed by atoms with van der Waals surface area (Å²) in [6.07, 6.45) is 3.91. The molecule has 1 aromatic carbocycles. The second-order valence-corrected chi connectivity index (χ2v) is 7.20. The molecule has 0 amide bonds. The first kappa shape index (κ1) is 12.8. The Labute approximate surface area is 125 Å². The Morgan fingerprint density at radius 3 is 2.55 bits per heavy atom. The van der Waals surface area contributed by atoms with Crippen LogP contribution in [0.1, 0.15) is 29.6 Å². The van der Waals surface area contributed by atoms with Crippen LogP contribution in [0.25, 0.3) is 0 Å². The van der Waals surface area contributed by atoms with Crippen LogP contribution in [0.4, 0.5) is 4.39 Å². The Morgan fingerprint density at radius 1 is 1.30 bits per heavy atom. The topological polar surface area (TPSA) is 26.3 Å². The SMILES string of the molecule is COc1cc(F)c(Br)cc1C(=O)C1C2C3CCC(C3)C12. The molecule has 3 saturated carbocycles. The minimum atomic E-state index is -0.394. The average Bonchev–Trinajstić information content (AvgIpc) is 2.88. The number of ether oxygens (including phenoxy) is 1. The highest BCUT2D eigenvalue weighted by molar-refractivity contribution is 9.10. The summed E-state index contributed by atoms with van der Waals surface area (Å²) >= 11 is 3.16. The Bertz CT molecular complexity index is 584. The van der Waals surface area contributed by atoms with E-state index in [1.165, 1.54) is 32.4 Å². The first-order valence-electron chi connectivity index (χ1n) is 7.19. The van der Waals surface area contributed by atoms with E-state index in [-0.39, 0.29) is 11.7 Å². The monoisotopic (exact) mass is 338 g/mol. The molecule has 4 unspecified atom stereocenters. The fourth-order valence-electron chi connectivity index (χ4n) is 4.75. The maximum atomic E-state index is 13.6. The molecule has 2 nitrogen and oxygen atoms in total. The summed E-state index contributed by atoms with van der Waals surface area (Å²) in [4.78, 5) is 12.8. The van der Waals surface area contributed by atoms with E-state index in [4.69, 9.17) is 4.74 Å². The Balaban J connectivity index is 1.66. The molecule has 4 heteroatoms. The van der Waals surface area contributed by atoms with Crippen LogP contribution in [-0.2, 0) is 0 Å². The maximum Gasteiger partial charge on any atom is 0.170 e. The summed E-state index contributed by atoms with van der Waals surface area (Å²) in [7, 11) is 1.48. The molecule has 0 aromatic heterocycles. The summed E-state index contributed by atoms with van der Waals surface area (Å²) < 4.78 is 19.1. The first-order chi connectivity index (χ1) is 9.61. The van der Waals surface area contributed by atoms with Gasteiger partial charge >= 0.3 is 0 Å². The van der Waals surface area contributed by atoms with Crippen molar-refractivity contribution < 1.29 is 13.9 Å². The van der Waals surface area contributed by atoms with E-state index in [2.05, 4.69) is 15.9 Å². The molecular formula is C16H16BrFO2. The number of fused-ring (bicyclic) bond motifs is 5. The van der Waals surface area contributed by atoms with E-state index in [9.17, 15) is 9.18 Å². The highest BCUT2D eigenvalue weighted by atomic mass is 79.9. The summed E-state index contributed by atoms with van der Waals surface area (Å²) in [6, 6.07) is 2.87. The van der Waals surface area contributed by atoms with Crippen molar-refractivity contribution in [1.29, 1.82) is 0 Å². The fourth-order valence-corrected chi connectivity index (χ4v) is 5.09. The summed E-state index contributed by atoms with van der Waals surface area (Å²) in [5, 5.41) is 0. The van der Waals surface area contributed by atoms with Crippen molar-refractivity contribution in [3.05, 3.63) is 28.0 Å². The number of benzene rings is 1. The molecule has 4 atom stereocenters. The molecule has 1 aromatic rings. The molecular weight excluding hydrogens is 323 g/mol. The van der Waals surface area contributed by atoms with Gasteiger partial charge in [0.15, 0.2) is 5.78 Å². The Kier molecular flexibility index (Phi) is 2.75. The van der Waals surface area contributed by atoms with Gasteiger partial charge in [-0.05, 0) is 64.9 Å². The lowest BCUT2D eigenvalue weighted by molar-refractivity contribution is 0.0941. The molecule has 3 aliphatic carbocycles. The van der Waals surface area contributed by atoms with E-state index in [1.807, 2.05) is 0 Å². The van der Waals surface area contributed by atoms with Crippen molar-refractivity contribution in [3.8, 4) is 5.75 Å². The standard InChI is InChI=1S/C16H16BrFO2/c1-20-12-6-11(18)10(17)5-9(12)16(19)15-13-7-2-3-8(4-7)14(13)15/h5-8,13-15H,2-4H2,1H3. The smallest absolute Gasteiger partial charge is 0.170 e. The van der Waals surface area contributed by atoms with E-state index in [1.54, 1.807) is 6.07 Å². The van der Waals surface area contributed by atoms with Gasteiger partial charge in [0.05, 0.1) is 17.1 Å². The van der Waals surface area contributed by atoms with Crippen LogP contribution in [0.15, 0.2) is 16.6 Å². The second-order valence-electron chi connectivity index (χ2n) is 6.34. The van der Waals surface area contributed by atoms with Gasteiger partial charge in [-0.3, -0.25) is 4.79 Å². The van der Waals surface area contributed by atoms with Gasteiger partial charge in [0, 0.05) is 12.0 Å². The molecule has 0 aliphatic heterocycles. The Morgan fingerprint density at radius 2 is 1.95 bits per heavy atom. The number of ketones is 1. The molecule has 106 valence electrons. The zero-order valence-corrected chi connectivity index (χ0v) is 12.8. The van der Waals surface area contributed by atoms with Gasteiger partial charge in [0.25, 0.3) is 0 Å². The van der Waals surface area contributed by atoms with Gasteiger partial charge in [-0.2, -0.15) is 0 Å². The van der Waals surface area contributed by atoms with Gasteiger partial charge in [-0.15, -0.1) is 0 Å². The van der Waals surface area contributed by atoms with Crippen molar-refractivity contribution >= 4 is 21.7 Å². The number of rotatable bonds is 3. The minimum Gasteiger partial charge on any atom is -0.496 e. The van der Waals surface area contributed by atoms with Crippen LogP contribution in [-0.4, -0.2) is 12.9 Å². The van der Waals surface area contributed by atoms with Crippen LogP contribution in [0, 0.1) is 35.4 Å². The number of hydrogen-bond acceptors (Lipinski definition) is 2. The van der Waals surface area contributed by atoms with Crippen molar-refractivity contribution in [2.24, 2.45) is 29.6 Å². The van der Waals surface area contributed by atoms with Gasteiger partial charge < -0.3 is 4.74 Å². The molecule has 2 bridgehead atoms. The summed E-state index contributed by atoms with van der Waals surface area (Å²) in [5.74, 6) is 2.97. The molecule has 0 saturated heterocycles. The zero-order chi connectivity index (χ0) is 14.0. The van der Waals surface area contributed by atoms with Crippen molar-refractivity contribution in [1.82, 2.24) is 0 Å². The van der Waals surface area contributed by atoms with E-state index < -0.39 is 5.82 Å². The first-order valence-corrected chi connectivity index (χ1v) is 7.98. The molecule has 4 rings (SSSR count). The van der Waals surface area contributed by atoms with Crippen LogP contribution < -0.4 is 4.74 Å². The number of carbonyl (C=O) groups is 1. The predicted molar refractivity (Wildman–Crippen MR) is 76.3 cm³/mol. The molecule has 3 aliphatic rings. The van der Waals surface area contributed by atoms with Crippen molar-refractivity contribution in [2.45, 2.75) is 19.3 Å². The molecule has 3 fully saturated rings. The van der Waals surface area contributed by atoms with Crippen molar-refractivity contribution in [3.63, 3.8) is 0 Å². The molecule has 0 N–H and O–H groups in total. The lowest BCUT2D eigenvalue weighted by Gasteiger charge is -2.11. The lowest BCUT2D eigenvalue weighted by Crippen LogP contribution is -2.11. The Hall–Kier alpha value is -0.900. The molecule has 0 heterocycles. The largest absolute Gasteiger partial charge is 0.496 e. The third-order valence-corrected chi connectivity index (χ3v) is 6.15. The number of Topliss-reactive ketones (excluding diaryl/α,β-unsaturated/α-hetero) is 1. The highest BCUT2D eigenvalue weighted by Crippen LogP contribution is 2.70. The predicted octanol–water partition coefficient (Wildman–Crippen LogP) is 4.07. The van der Waals surface area contributed by atoms with Crippen LogP contribution in [0.5, 0.6) is 5.75 Å². The lowest BCUT2D eigenvalue weighted by atomic mass is 9.96. The van der Waals surface area contributed by atoms with Crippen LogP contribution >= 0.6 is 15.9 Å².